The number of anilines is 1. The van der Waals surface area contributed by atoms with Crippen molar-refractivity contribution in [3.05, 3.63) is 41.6 Å². The van der Waals surface area contributed by atoms with Gasteiger partial charge in [-0.05, 0) is 18.9 Å². The third-order valence-corrected chi connectivity index (χ3v) is 6.19. The highest BCUT2D eigenvalue weighted by atomic mass is 32.1. The maximum Gasteiger partial charge on any atom is 0.318 e. The minimum Gasteiger partial charge on any atom is -0.468 e. The first-order valence-corrected chi connectivity index (χ1v) is 9.06. The molecule has 0 radical (unpaired) electrons. The van der Waals surface area contributed by atoms with E-state index in [1.54, 1.807) is 11.3 Å². The standard InChI is InChI=1S/C18H20N4O2S/c1-12-14-15(21(2)20-12)19-17(25-14)22-10-9-18(11-22,16(23)24-3)13-7-5-4-6-8-13/h4-8H,9-11H2,1-3H3/t18-/m0/s1. The van der Waals surface area contributed by atoms with Gasteiger partial charge in [0.2, 0.25) is 0 Å². The second-order valence-electron chi connectivity index (χ2n) is 6.47. The van der Waals surface area contributed by atoms with Gasteiger partial charge in [-0.15, -0.1) is 0 Å². The molecule has 1 fully saturated rings. The minimum atomic E-state index is -0.638. The third kappa shape index (κ3) is 2.41. The molecule has 6 nitrogen and oxygen atoms in total. The van der Waals surface area contributed by atoms with Gasteiger partial charge in [0.1, 0.15) is 5.41 Å². The van der Waals surface area contributed by atoms with E-state index in [1.807, 2.05) is 49.0 Å². The number of rotatable bonds is 3. The number of fused-ring (bicyclic) bond motifs is 1. The Labute approximate surface area is 150 Å². The van der Waals surface area contributed by atoms with Gasteiger partial charge < -0.3 is 9.64 Å². The molecule has 2 aromatic heterocycles. The lowest BCUT2D eigenvalue weighted by molar-refractivity contribution is -0.146. The zero-order valence-corrected chi connectivity index (χ0v) is 15.3. The average Bonchev–Trinajstić information content (AvgIpc) is 3.32. The van der Waals surface area contributed by atoms with E-state index in [-0.39, 0.29) is 5.97 Å². The molecule has 0 unspecified atom stereocenters. The van der Waals surface area contributed by atoms with Gasteiger partial charge in [-0.1, -0.05) is 41.7 Å². The summed E-state index contributed by atoms with van der Waals surface area (Å²) in [6.07, 6.45) is 0.719. The average molecular weight is 356 g/mol. The predicted octanol–water partition coefficient (Wildman–Crippen LogP) is 2.66. The molecule has 0 saturated carbocycles. The summed E-state index contributed by atoms with van der Waals surface area (Å²) in [6, 6.07) is 9.91. The molecule has 1 aromatic carbocycles. The van der Waals surface area contributed by atoms with E-state index in [4.69, 9.17) is 9.72 Å². The van der Waals surface area contributed by atoms with E-state index in [0.717, 1.165) is 39.7 Å². The number of hydrogen-bond acceptors (Lipinski definition) is 6. The summed E-state index contributed by atoms with van der Waals surface area (Å²) >= 11 is 1.64. The molecule has 3 aromatic rings. The summed E-state index contributed by atoms with van der Waals surface area (Å²) in [4.78, 5) is 19.6. The molecule has 7 heteroatoms. The number of methoxy groups -OCH3 is 1. The van der Waals surface area contributed by atoms with E-state index in [0.29, 0.717) is 6.54 Å². The van der Waals surface area contributed by atoms with Crippen LogP contribution in [-0.2, 0) is 22.0 Å². The van der Waals surface area contributed by atoms with Crippen LogP contribution in [0.15, 0.2) is 30.3 Å². The monoisotopic (exact) mass is 356 g/mol. The molecule has 0 aliphatic carbocycles. The topological polar surface area (TPSA) is 60.2 Å². The van der Waals surface area contributed by atoms with E-state index in [1.165, 1.54) is 7.11 Å². The van der Waals surface area contributed by atoms with E-state index in [9.17, 15) is 4.79 Å². The highest BCUT2D eigenvalue weighted by Crippen LogP contribution is 2.40. The van der Waals surface area contributed by atoms with Crippen LogP contribution in [0.25, 0.3) is 10.3 Å². The second kappa shape index (κ2) is 5.84. The molecule has 1 aliphatic heterocycles. The van der Waals surface area contributed by atoms with Crippen LogP contribution < -0.4 is 4.90 Å². The molecular formula is C18H20N4O2S. The Morgan fingerprint density at radius 2 is 2.08 bits per heavy atom. The summed E-state index contributed by atoms with van der Waals surface area (Å²) in [5.74, 6) is -0.180. The van der Waals surface area contributed by atoms with Crippen molar-refractivity contribution in [3.63, 3.8) is 0 Å². The van der Waals surface area contributed by atoms with Gasteiger partial charge in [0.15, 0.2) is 10.8 Å². The van der Waals surface area contributed by atoms with Crippen molar-refractivity contribution in [2.75, 3.05) is 25.1 Å². The molecule has 25 heavy (non-hydrogen) atoms. The molecule has 0 bridgehead atoms. The second-order valence-corrected chi connectivity index (χ2v) is 7.45. The number of esters is 1. The van der Waals surface area contributed by atoms with Crippen LogP contribution >= 0.6 is 11.3 Å². The lowest BCUT2D eigenvalue weighted by Crippen LogP contribution is -2.40. The Morgan fingerprint density at radius 3 is 2.76 bits per heavy atom. The summed E-state index contributed by atoms with van der Waals surface area (Å²) in [6.45, 7) is 3.35. The van der Waals surface area contributed by atoms with Gasteiger partial charge in [-0.3, -0.25) is 4.79 Å². The summed E-state index contributed by atoms with van der Waals surface area (Å²) in [5.41, 5.74) is 2.25. The van der Waals surface area contributed by atoms with E-state index in [2.05, 4.69) is 10.00 Å². The molecule has 0 spiro atoms. The van der Waals surface area contributed by atoms with Crippen molar-refractivity contribution < 1.29 is 9.53 Å². The van der Waals surface area contributed by atoms with Crippen molar-refractivity contribution in [1.82, 2.24) is 14.8 Å². The first-order chi connectivity index (χ1) is 12.0. The van der Waals surface area contributed by atoms with Crippen LogP contribution in [0.2, 0.25) is 0 Å². The van der Waals surface area contributed by atoms with Crippen molar-refractivity contribution in [3.8, 4) is 0 Å². The van der Waals surface area contributed by atoms with E-state index >= 15 is 0 Å². The molecule has 1 aliphatic rings. The van der Waals surface area contributed by atoms with Crippen LogP contribution in [0.1, 0.15) is 17.7 Å². The van der Waals surface area contributed by atoms with E-state index < -0.39 is 5.41 Å². The van der Waals surface area contributed by atoms with Crippen LogP contribution in [0.3, 0.4) is 0 Å². The largest absolute Gasteiger partial charge is 0.468 e. The number of benzene rings is 1. The van der Waals surface area contributed by atoms with Crippen LogP contribution in [0.4, 0.5) is 5.13 Å². The predicted molar refractivity (Wildman–Crippen MR) is 98.1 cm³/mol. The van der Waals surface area contributed by atoms with Crippen molar-refractivity contribution in [2.24, 2.45) is 7.05 Å². The normalized spacial score (nSPS) is 20.4. The van der Waals surface area contributed by atoms with Crippen LogP contribution in [-0.4, -0.2) is 40.9 Å². The van der Waals surface area contributed by atoms with Gasteiger partial charge in [0.25, 0.3) is 0 Å². The van der Waals surface area contributed by atoms with Gasteiger partial charge in [0, 0.05) is 20.1 Å². The maximum absolute atomic E-state index is 12.7. The number of ether oxygens (including phenoxy) is 1. The number of carbonyl (C=O) groups is 1. The zero-order valence-electron chi connectivity index (χ0n) is 14.5. The third-order valence-electron chi connectivity index (χ3n) is 4.98. The van der Waals surface area contributed by atoms with Gasteiger partial charge in [0.05, 0.1) is 17.5 Å². The number of thiazole rings is 1. The maximum atomic E-state index is 12.7. The number of carbonyl (C=O) groups excluding carboxylic acids is 1. The molecule has 0 amide bonds. The quantitative estimate of drug-likeness (QED) is 0.675. The summed E-state index contributed by atoms with van der Waals surface area (Å²) in [5, 5.41) is 5.35. The Bertz CT molecular complexity index is 899. The van der Waals surface area contributed by atoms with Crippen LogP contribution in [0.5, 0.6) is 0 Å². The lowest BCUT2D eigenvalue weighted by atomic mass is 9.80. The summed E-state index contributed by atoms with van der Waals surface area (Å²) < 4.78 is 8.08. The summed E-state index contributed by atoms with van der Waals surface area (Å²) in [7, 11) is 3.37. The number of hydrogen-bond donors (Lipinski definition) is 0. The molecule has 1 atom stereocenters. The smallest absolute Gasteiger partial charge is 0.318 e. The minimum absolute atomic E-state index is 0.180. The fourth-order valence-corrected chi connectivity index (χ4v) is 4.71. The Kier molecular flexibility index (Phi) is 3.76. The Morgan fingerprint density at radius 1 is 1.32 bits per heavy atom. The first-order valence-electron chi connectivity index (χ1n) is 8.24. The number of nitrogens with zero attached hydrogens (tertiary/aromatic N) is 4. The molecular weight excluding hydrogens is 336 g/mol. The van der Waals surface area contributed by atoms with Crippen molar-refractivity contribution >= 4 is 32.8 Å². The van der Waals surface area contributed by atoms with Gasteiger partial charge in [-0.2, -0.15) is 5.10 Å². The lowest BCUT2D eigenvalue weighted by Gasteiger charge is -2.26. The first kappa shape index (κ1) is 16.1. The highest BCUT2D eigenvalue weighted by molar-refractivity contribution is 7.22. The highest BCUT2D eigenvalue weighted by Gasteiger charge is 2.47. The molecule has 1 saturated heterocycles. The van der Waals surface area contributed by atoms with Gasteiger partial charge in [-0.25, -0.2) is 9.67 Å². The molecule has 3 heterocycles. The number of aromatic nitrogens is 3. The SMILES string of the molecule is COC(=O)[C@@]1(c2ccccc2)CCN(c2nc3c(s2)c(C)nn3C)C1. The Balaban J connectivity index is 1.72. The van der Waals surface area contributed by atoms with Crippen molar-refractivity contribution in [1.29, 1.82) is 0 Å². The Hall–Kier alpha value is -2.41. The zero-order chi connectivity index (χ0) is 17.6. The fraction of sp³-hybridized carbons (Fsp3) is 0.389. The van der Waals surface area contributed by atoms with Crippen molar-refractivity contribution in [2.45, 2.75) is 18.8 Å². The molecule has 4 rings (SSSR count). The van der Waals surface area contributed by atoms with Gasteiger partial charge >= 0.3 is 5.97 Å². The molecule has 0 N–H and O–H groups in total. The number of aryl methyl sites for hydroxylation is 2. The van der Waals surface area contributed by atoms with Crippen LogP contribution in [0, 0.1) is 6.92 Å². The molecule has 130 valence electrons. The fourth-order valence-electron chi connectivity index (χ4n) is 3.65.